The van der Waals surface area contributed by atoms with Crippen LogP contribution in [0, 0.1) is 5.41 Å². The molecule has 0 radical (unpaired) electrons. The summed E-state index contributed by atoms with van der Waals surface area (Å²) in [6, 6.07) is 0. The molecule has 0 heterocycles. The molecular weight excluding hydrogens is 135 g/mol. The number of halogens is 1. The Hall–Kier alpha value is 0.280. The fraction of sp³-hybridized carbons (Fsp3) is 1.00. The maximum absolute atomic E-state index is 12.5. The molecule has 2 aliphatic rings. The molecule has 0 aliphatic heterocycles. The second-order valence-electron chi connectivity index (χ2n) is 3.30. The van der Waals surface area contributed by atoms with Gasteiger partial charge in [0.1, 0.15) is 6.17 Å². The predicted molar refractivity (Wildman–Crippen MR) is 38.5 cm³/mol. The van der Waals surface area contributed by atoms with Crippen LogP contribution < -0.4 is 0 Å². The zero-order chi connectivity index (χ0) is 6.48. The highest BCUT2D eigenvalue weighted by Gasteiger charge is 2.62. The van der Waals surface area contributed by atoms with Gasteiger partial charge in [-0.05, 0) is 25.5 Å². The molecule has 2 fully saturated rings. The topological polar surface area (TPSA) is 0 Å². The fourth-order valence-corrected chi connectivity index (χ4v) is 2.73. The molecular formula is C7H11FS. The largest absolute Gasteiger partial charge is 0.247 e. The van der Waals surface area contributed by atoms with Gasteiger partial charge in [-0.1, -0.05) is 0 Å². The third kappa shape index (κ3) is 0.721. The molecule has 2 saturated carbocycles. The molecule has 0 aromatic heterocycles. The van der Waals surface area contributed by atoms with E-state index in [4.69, 9.17) is 0 Å². The number of hydrogen-bond acceptors (Lipinski definition) is 1. The van der Waals surface area contributed by atoms with Crippen molar-refractivity contribution in [1.82, 2.24) is 0 Å². The average molecular weight is 146 g/mol. The van der Waals surface area contributed by atoms with Crippen LogP contribution in [0.15, 0.2) is 0 Å². The van der Waals surface area contributed by atoms with Crippen molar-refractivity contribution in [2.45, 2.75) is 30.7 Å². The lowest BCUT2D eigenvalue weighted by Crippen LogP contribution is -2.29. The van der Waals surface area contributed by atoms with Crippen molar-refractivity contribution in [3.05, 3.63) is 0 Å². The predicted octanol–water partition coefficient (Wildman–Crippen LogP) is 2.24. The molecule has 2 rings (SSSR count). The lowest BCUT2D eigenvalue weighted by atomic mass is 9.81. The third-order valence-corrected chi connectivity index (χ3v) is 3.69. The highest BCUT2D eigenvalue weighted by Crippen LogP contribution is 2.64. The first kappa shape index (κ1) is 6.02. The molecule has 1 atom stereocenters. The van der Waals surface area contributed by atoms with Gasteiger partial charge in [0, 0.05) is 10.7 Å². The summed E-state index contributed by atoms with van der Waals surface area (Å²) < 4.78 is 12.5. The Morgan fingerprint density at radius 1 is 1.44 bits per heavy atom. The second kappa shape index (κ2) is 1.66. The first-order chi connectivity index (χ1) is 4.27. The molecule has 0 nitrogen and oxygen atoms in total. The van der Waals surface area contributed by atoms with Gasteiger partial charge in [-0.2, -0.15) is 11.8 Å². The lowest BCUT2D eigenvalue weighted by molar-refractivity contribution is 0.237. The summed E-state index contributed by atoms with van der Waals surface area (Å²) >= 11 is 1.89. The van der Waals surface area contributed by atoms with E-state index in [0.717, 1.165) is 24.5 Å². The Morgan fingerprint density at radius 3 is 2.33 bits per heavy atom. The number of thioether (sulfide) groups is 1. The Morgan fingerprint density at radius 2 is 2.00 bits per heavy atom. The summed E-state index contributed by atoms with van der Waals surface area (Å²) in [6.07, 6.45) is 4.85. The average Bonchev–Trinajstić information content (AvgIpc) is 2.37. The fourth-order valence-electron chi connectivity index (χ4n) is 1.73. The highest BCUT2D eigenvalue weighted by molar-refractivity contribution is 7.99. The molecule has 52 valence electrons. The molecule has 2 aliphatic carbocycles. The van der Waals surface area contributed by atoms with Gasteiger partial charge in [-0.25, -0.2) is 4.39 Å². The molecule has 0 bridgehead atoms. The van der Waals surface area contributed by atoms with Crippen molar-refractivity contribution >= 4 is 11.8 Å². The van der Waals surface area contributed by atoms with E-state index in [9.17, 15) is 4.39 Å². The molecule has 1 unspecified atom stereocenters. The van der Waals surface area contributed by atoms with Crippen LogP contribution >= 0.6 is 11.8 Å². The standard InChI is InChI=1S/C7H11FS/c1-9-5-2-7(3-5)4-6(7)8/h5-6H,2-4H2,1H3. The molecule has 0 N–H and O–H groups in total. The maximum atomic E-state index is 12.5. The van der Waals surface area contributed by atoms with E-state index in [2.05, 4.69) is 6.26 Å². The maximum Gasteiger partial charge on any atom is 0.107 e. The van der Waals surface area contributed by atoms with Crippen LogP contribution in [-0.4, -0.2) is 17.7 Å². The normalized spacial score (nSPS) is 55.3. The molecule has 0 saturated heterocycles. The Bertz CT molecular complexity index is 129. The van der Waals surface area contributed by atoms with Crippen LogP contribution in [0.4, 0.5) is 4.39 Å². The smallest absolute Gasteiger partial charge is 0.107 e. The van der Waals surface area contributed by atoms with E-state index in [1.165, 1.54) is 0 Å². The van der Waals surface area contributed by atoms with E-state index in [0.29, 0.717) is 0 Å². The summed E-state index contributed by atoms with van der Waals surface area (Å²) in [5.41, 5.74) is 0.216. The number of rotatable bonds is 1. The number of hydrogen-bond donors (Lipinski definition) is 0. The Labute approximate surface area is 59.2 Å². The van der Waals surface area contributed by atoms with Gasteiger partial charge in [-0.3, -0.25) is 0 Å². The summed E-state index contributed by atoms with van der Waals surface area (Å²) in [7, 11) is 0. The number of alkyl halides is 1. The first-order valence-corrected chi connectivity index (χ1v) is 4.72. The summed E-state index contributed by atoms with van der Waals surface area (Å²) in [4.78, 5) is 0. The van der Waals surface area contributed by atoms with E-state index in [1.807, 2.05) is 11.8 Å². The first-order valence-electron chi connectivity index (χ1n) is 3.44. The van der Waals surface area contributed by atoms with Crippen LogP contribution in [0.5, 0.6) is 0 Å². The van der Waals surface area contributed by atoms with Crippen LogP contribution in [0.3, 0.4) is 0 Å². The Kier molecular flexibility index (Phi) is 1.11. The van der Waals surface area contributed by atoms with Gasteiger partial charge < -0.3 is 0 Å². The summed E-state index contributed by atoms with van der Waals surface area (Å²) in [5.74, 6) is 0. The van der Waals surface area contributed by atoms with Crippen molar-refractivity contribution in [3.63, 3.8) is 0 Å². The van der Waals surface area contributed by atoms with Crippen LogP contribution in [0.2, 0.25) is 0 Å². The molecule has 9 heavy (non-hydrogen) atoms. The van der Waals surface area contributed by atoms with Crippen molar-refractivity contribution in [2.24, 2.45) is 5.41 Å². The van der Waals surface area contributed by atoms with Crippen LogP contribution in [-0.2, 0) is 0 Å². The van der Waals surface area contributed by atoms with Gasteiger partial charge >= 0.3 is 0 Å². The van der Waals surface area contributed by atoms with Crippen molar-refractivity contribution in [2.75, 3.05) is 6.26 Å². The van der Waals surface area contributed by atoms with Gasteiger partial charge in [-0.15, -0.1) is 0 Å². The second-order valence-corrected chi connectivity index (χ2v) is 4.44. The molecule has 0 aromatic rings. The van der Waals surface area contributed by atoms with Gasteiger partial charge in [0.25, 0.3) is 0 Å². The quantitative estimate of drug-likeness (QED) is 0.546. The molecule has 0 aromatic carbocycles. The lowest BCUT2D eigenvalue weighted by Gasteiger charge is -2.34. The van der Waals surface area contributed by atoms with E-state index < -0.39 is 6.17 Å². The minimum absolute atomic E-state index is 0.216. The zero-order valence-electron chi connectivity index (χ0n) is 5.56. The van der Waals surface area contributed by atoms with Crippen molar-refractivity contribution in [1.29, 1.82) is 0 Å². The van der Waals surface area contributed by atoms with Gasteiger partial charge in [0.05, 0.1) is 0 Å². The van der Waals surface area contributed by atoms with E-state index >= 15 is 0 Å². The third-order valence-electron chi connectivity index (χ3n) is 2.69. The monoisotopic (exact) mass is 146 g/mol. The highest BCUT2D eigenvalue weighted by atomic mass is 32.2. The van der Waals surface area contributed by atoms with E-state index in [-0.39, 0.29) is 5.41 Å². The summed E-state index contributed by atoms with van der Waals surface area (Å²) in [5, 5.41) is 0.783. The van der Waals surface area contributed by atoms with Crippen LogP contribution in [0.25, 0.3) is 0 Å². The van der Waals surface area contributed by atoms with Crippen molar-refractivity contribution in [3.8, 4) is 0 Å². The Balaban J connectivity index is 1.85. The zero-order valence-corrected chi connectivity index (χ0v) is 6.38. The van der Waals surface area contributed by atoms with Crippen LogP contribution in [0.1, 0.15) is 19.3 Å². The minimum atomic E-state index is -0.430. The minimum Gasteiger partial charge on any atom is -0.247 e. The van der Waals surface area contributed by atoms with Gasteiger partial charge in [0.15, 0.2) is 0 Å². The van der Waals surface area contributed by atoms with Gasteiger partial charge in [0.2, 0.25) is 0 Å². The SMILES string of the molecule is CSC1CC2(C1)CC2F. The van der Waals surface area contributed by atoms with Crippen molar-refractivity contribution < 1.29 is 4.39 Å². The van der Waals surface area contributed by atoms with E-state index in [1.54, 1.807) is 0 Å². The molecule has 0 amide bonds. The summed E-state index contributed by atoms with van der Waals surface area (Å²) in [6.45, 7) is 0. The molecule has 2 heteroatoms. The molecule has 1 spiro atoms.